The van der Waals surface area contributed by atoms with Gasteiger partial charge in [0.25, 0.3) is 0 Å². The maximum absolute atomic E-state index is 15.1. The molecule has 1 unspecified atom stereocenters. The average molecular weight is 246 g/mol. The van der Waals surface area contributed by atoms with E-state index in [2.05, 4.69) is 4.98 Å². The number of nitrogens with zero attached hydrogens (tertiary/aromatic N) is 1. The van der Waals surface area contributed by atoms with Gasteiger partial charge in [0.05, 0.1) is 5.52 Å². The van der Waals surface area contributed by atoms with Crippen molar-refractivity contribution < 1.29 is 4.39 Å². The van der Waals surface area contributed by atoms with Gasteiger partial charge in [-0.1, -0.05) is 39.0 Å². The van der Waals surface area contributed by atoms with Crippen LogP contribution in [-0.4, -0.2) is 11.5 Å². The molecule has 2 N–H and O–H groups in total. The van der Waals surface area contributed by atoms with Gasteiger partial charge in [-0.25, -0.2) is 4.39 Å². The molecular formula is C15H19FN2. The largest absolute Gasteiger partial charge is 0.327 e. The third-order valence-electron chi connectivity index (χ3n) is 3.53. The highest BCUT2D eigenvalue weighted by Crippen LogP contribution is 2.42. The van der Waals surface area contributed by atoms with E-state index in [1.54, 1.807) is 12.3 Å². The summed E-state index contributed by atoms with van der Waals surface area (Å²) in [4.78, 5) is 4.26. The van der Waals surface area contributed by atoms with Crippen molar-refractivity contribution in [2.75, 3.05) is 6.54 Å². The summed E-state index contributed by atoms with van der Waals surface area (Å²) in [5.74, 6) is 0. The van der Waals surface area contributed by atoms with E-state index < -0.39 is 11.1 Å². The van der Waals surface area contributed by atoms with Crippen molar-refractivity contribution >= 4 is 10.9 Å². The molecule has 1 heterocycles. The molecule has 0 aliphatic rings. The first kappa shape index (κ1) is 13.0. The molecule has 0 aliphatic carbocycles. The molecule has 0 fully saturated rings. The van der Waals surface area contributed by atoms with Crippen LogP contribution in [-0.2, 0) is 5.67 Å². The second-order valence-corrected chi connectivity index (χ2v) is 5.67. The van der Waals surface area contributed by atoms with Crippen molar-refractivity contribution in [3.63, 3.8) is 0 Å². The van der Waals surface area contributed by atoms with Crippen molar-refractivity contribution in [3.8, 4) is 0 Å². The van der Waals surface area contributed by atoms with Crippen LogP contribution in [0.2, 0.25) is 0 Å². The number of hydrogen-bond acceptors (Lipinski definition) is 2. The van der Waals surface area contributed by atoms with Gasteiger partial charge in [0.1, 0.15) is 0 Å². The number of nitrogens with two attached hydrogens (primary N) is 1. The van der Waals surface area contributed by atoms with Gasteiger partial charge in [0.2, 0.25) is 0 Å². The molecule has 2 nitrogen and oxygen atoms in total. The molecule has 1 aromatic carbocycles. The number of aromatic nitrogens is 1. The van der Waals surface area contributed by atoms with Crippen LogP contribution in [0, 0.1) is 5.41 Å². The van der Waals surface area contributed by atoms with Gasteiger partial charge < -0.3 is 5.73 Å². The smallest absolute Gasteiger partial charge is 0.152 e. The molecule has 2 rings (SSSR count). The van der Waals surface area contributed by atoms with Gasteiger partial charge in [0.15, 0.2) is 5.67 Å². The molecule has 3 heteroatoms. The van der Waals surface area contributed by atoms with Gasteiger partial charge in [-0.05, 0) is 17.7 Å². The number of benzene rings is 1. The first-order valence-corrected chi connectivity index (χ1v) is 6.13. The molecule has 1 atom stereocenters. The minimum Gasteiger partial charge on any atom is -0.327 e. The van der Waals surface area contributed by atoms with Crippen LogP contribution in [0.1, 0.15) is 26.3 Å². The molecule has 96 valence electrons. The average Bonchev–Trinajstić information content (AvgIpc) is 2.35. The lowest BCUT2D eigenvalue weighted by atomic mass is 9.73. The molecule has 0 amide bonds. The van der Waals surface area contributed by atoms with Gasteiger partial charge in [0, 0.05) is 23.5 Å². The number of alkyl halides is 1. The SMILES string of the molecule is CC(C)(C)C(F)(CN)c1ccc2cccnc2c1. The Morgan fingerprint density at radius 1 is 1.22 bits per heavy atom. The van der Waals surface area contributed by atoms with E-state index in [0.29, 0.717) is 5.56 Å². The fourth-order valence-electron chi connectivity index (χ4n) is 2.17. The first-order chi connectivity index (χ1) is 8.38. The first-order valence-electron chi connectivity index (χ1n) is 6.13. The Labute approximate surface area is 107 Å². The van der Waals surface area contributed by atoms with Crippen LogP contribution < -0.4 is 5.73 Å². The van der Waals surface area contributed by atoms with Gasteiger partial charge in [-0.2, -0.15) is 0 Å². The second-order valence-electron chi connectivity index (χ2n) is 5.67. The fourth-order valence-corrected chi connectivity index (χ4v) is 2.17. The zero-order chi connectivity index (χ0) is 13.4. The molecule has 0 saturated heterocycles. The Bertz CT molecular complexity index is 560. The monoisotopic (exact) mass is 246 g/mol. The maximum Gasteiger partial charge on any atom is 0.152 e. The van der Waals surface area contributed by atoms with Gasteiger partial charge in [-0.15, -0.1) is 0 Å². The summed E-state index contributed by atoms with van der Waals surface area (Å²) < 4.78 is 15.1. The van der Waals surface area contributed by atoms with Gasteiger partial charge in [-0.3, -0.25) is 4.98 Å². The predicted octanol–water partition coefficient (Wildman–Crippen LogP) is 3.40. The summed E-state index contributed by atoms with van der Waals surface area (Å²) in [6.45, 7) is 5.56. The lowest BCUT2D eigenvalue weighted by Gasteiger charge is -2.37. The Kier molecular flexibility index (Phi) is 3.11. The van der Waals surface area contributed by atoms with E-state index in [4.69, 9.17) is 5.73 Å². The summed E-state index contributed by atoms with van der Waals surface area (Å²) in [7, 11) is 0. The number of pyridine rings is 1. The zero-order valence-corrected chi connectivity index (χ0v) is 11.1. The summed E-state index contributed by atoms with van der Waals surface area (Å²) in [5.41, 5.74) is 4.98. The van der Waals surface area contributed by atoms with E-state index in [1.165, 1.54) is 0 Å². The highest BCUT2D eigenvalue weighted by Gasteiger charge is 2.42. The van der Waals surface area contributed by atoms with Crippen LogP contribution in [0.3, 0.4) is 0 Å². The Hall–Kier alpha value is -1.48. The lowest BCUT2D eigenvalue weighted by Crippen LogP contribution is -2.42. The van der Waals surface area contributed by atoms with E-state index in [1.807, 2.05) is 45.0 Å². The van der Waals surface area contributed by atoms with Crippen LogP contribution in [0.15, 0.2) is 36.5 Å². The van der Waals surface area contributed by atoms with Crippen molar-refractivity contribution in [1.82, 2.24) is 4.98 Å². The summed E-state index contributed by atoms with van der Waals surface area (Å²) in [6, 6.07) is 9.34. The minimum absolute atomic E-state index is 0.0329. The number of fused-ring (bicyclic) bond motifs is 1. The molecule has 1 aromatic heterocycles. The molecular weight excluding hydrogens is 227 g/mol. The number of halogens is 1. The third kappa shape index (κ3) is 1.99. The van der Waals surface area contributed by atoms with Crippen molar-refractivity contribution in [1.29, 1.82) is 0 Å². The highest BCUT2D eigenvalue weighted by atomic mass is 19.1. The lowest BCUT2D eigenvalue weighted by molar-refractivity contribution is 0.0344. The van der Waals surface area contributed by atoms with E-state index in [9.17, 15) is 0 Å². The fraction of sp³-hybridized carbons (Fsp3) is 0.400. The topological polar surface area (TPSA) is 38.9 Å². The summed E-state index contributed by atoms with van der Waals surface area (Å²) >= 11 is 0. The van der Waals surface area contributed by atoms with Crippen LogP contribution in [0.25, 0.3) is 10.9 Å². The highest BCUT2D eigenvalue weighted by molar-refractivity contribution is 5.79. The van der Waals surface area contributed by atoms with Crippen molar-refractivity contribution in [3.05, 3.63) is 42.1 Å². The Morgan fingerprint density at radius 3 is 2.56 bits per heavy atom. The quantitative estimate of drug-likeness (QED) is 0.882. The van der Waals surface area contributed by atoms with E-state index in [-0.39, 0.29) is 6.54 Å². The molecule has 0 aliphatic heterocycles. The second kappa shape index (κ2) is 4.32. The van der Waals surface area contributed by atoms with Crippen molar-refractivity contribution in [2.24, 2.45) is 11.1 Å². The van der Waals surface area contributed by atoms with E-state index in [0.717, 1.165) is 10.9 Å². The summed E-state index contributed by atoms with van der Waals surface area (Å²) in [6.07, 6.45) is 1.71. The molecule has 2 aromatic rings. The number of hydrogen-bond donors (Lipinski definition) is 1. The van der Waals surface area contributed by atoms with Crippen LogP contribution >= 0.6 is 0 Å². The van der Waals surface area contributed by atoms with Crippen molar-refractivity contribution in [2.45, 2.75) is 26.4 Å². The molecule has 0 radical (unpaired) electrons. The number of rotatable bonds is 2. The predicted molar refractivity (Wildman–Crippen MR) is 73.0 cm³/mol. The zero-order valence-electron chi connectivity index (χ0n) is 11.1. The molecule has 0 spiro atoms. The summed E-state index contributed by atoms with van der Waals surface area (Å²) in [5, 5.41) is 1.01. The normalized spacial score (nSPS) is 15.6. The molecule has 18 heavy (non-hydrogen) atoms. The third-order valence-corrected chi connectivity index (χ3v) is 3.53. The van der Waals surface area contributed by atoms with Crippen LogP contribution in [0.4, 0.5) is 4.39 Å². The molecule has 0 saturated carbocycles. The minimum atomic E-state index is -1.54. The Balaban J connectivity index is 2.59. The van der Waals surface area contributed by atoms with E-state index >= 15 is 4.39 Å². The van der Waals surface area contributed by atoms with Gasteiger partial charge >= 0.3 is 0 Å². The Morgan fingerprint density at radius 2 is 1.94 bits per heavy atom. The van der Waals surface area contributed by atoms with Crippen LogP contribution in [0.5, 0.6) is 0 Å². The maximum atomic E-state index is 15.1. The standard InChI is InChI=1S/C15H19FN2/c1-14(2,3)15(16,10-17)12-7-6-11-5-4-8-18-13(11)9-12/h4-9H,10,17H2,1-3H3. The molecule has 0 bridgehead atoms.